The minimum absolute atomic E-state index is 0.115. The van der Waals surface area contributed by atoms with Gasteiger partial charge in [-0.1, -0.05) is 51.3 Å². The molecule has 1 amide bonds. The molecule has 0 heterocycles. The van der Waals surface area contributed by atoms with Crippen LogP contribution in [0.1, 0.15) is 61.0 Å². The first kappa shape index (κ1) is 22.9. The summed E-state index contributed by atoms with van der Waals surface area (Å²) in [6.07, 6.45) is 4.37. The highest BCUT2D eigenvalue weighted by Gasteiger charge is 2.20. The number of carbonyl (C=O) groups excluding carboxylic acids is 1. The highest BCUT2D eigenvalue weighted by molar-refractivity contribution is 7.92. The van der Waals surface area contributed by atoms with Crippen molar-refractivity contribution in [2.24, 2.45) is 5.92 Å². The van der Waals surface area contributed by atoms with Crippen LogP contribution in [0.3, 0.4) is 0 Å². The molecule has 0 saturated carbocycles. The fraction of sp³-hybridized carbons (Fsp3) is 0.435. The van der Waals surface area contributed by atoms with E-state index in [2.05, 4.69) is 23.9 Å². The number of anilines is 1. The van der Waals surface area contributed by atoms with E-state index in [4.69, 9.17) is 0 Å². The predicted octanol–water partition coefficient (Wildman–Crippen LogP) is 5.05. The Morgan fingerprint density at radius 1 is 1.07 bits per heavy atom. The average Bonchev–Trinajstić information content (AvgIpc) is 2.67. The van der Waals surface area contributed by atoms with Gasteiger partial charge < -0.3 is 5.32 Å². The Morgan fingerprint density at radius 2 is 1.83 bits per heavy atom. The van der Waals surface area contributed by atoms with Crippen molar-refractivity contribution in [2.45, 2.75) is 58.3 Å². The Kier molecular flexibility index (Phi) is 8.26. The molecule has 6 heteroatoms. The summed E-state index contributed by atoms with van der Waals surface area (Å²) < 4.78 is 28.4. The van der Waals surface area contributed by atoms with E-state index in [1.165, 1.54) is 6.07 Å². The largest absolute Gasteiger partial charge is 0.352 e. The molecule has 0 radical (unpaired) electrons. The minimum atomic E-state index is -3.79. The molecular weight excluding hydrogens is 384 g/mol. The lowest BCUT2D eigenvalue weighted by Crippen LogP contribution is -2.29. The van der Waals surface area contributed by atoms with Crippen molar-refractivity contribution in [3.05, 3.63) is 59.2 Å². The molecule has 0 spiro atoms. The van der Waals surface area contributed by atoms with Crippen LogP contribution < -0.4 is 10.0 Å². The van der Waals surface area contributed by atoms with Gasteiger partial charge in [-0.05, 0) is 61.6 Å². The molecule has 0 aliphatic heterocycles. The van der Waals surface area contributed by atoms with Gasteiger partial charge in [0.2, 0.25) is 0 Å². The van der Waals surface area contributed by atoms with E-state index in [0.29, 0.717) is 29.3 Å². The van der Waals surface area contributed by atoms with E-state index >= 15 is 0 Å². The average molecular weight is 417 g/mol. The van der Waals surface area contributed by atoms with Crippen LogP contribution in [0, 0.1) is 19.8 Å². The molecule has 5 nitrogen and oxygen atoms in total. The SMILES string of the molecule is CCCC[C@@H](CC)CNC(=O)c1ccc(C)c(S(=O)(=O)Nc2cccc(C)c2)c1. The third kappa shape index (κ3) is 6.60. The summed E-state index contributed by atoms with van der Waals surface area (Å²) in [5.74, 6) is 0.197. The van der Waals surface area contributed by atoms with Crippen LogP contribution >= 0.6 is 0 Å². The number of nitrogens with one attached hydrogen (secondary N) is 2. The Morgan fingerprint density at radius 3 is 2.48 bits per heavy atom. The molecule has 29 heavy (non-hydrogen) atoms. The topological polar surface area (TPSA) is 75.3 Å². The molecule has 0 fully saturated rings. The quantitative estimate of drug-likeness (QED) is 0.569. The number of benzene rings is 2. The van der Waals surface area contributed by atoms with Crippen molar-refractivity contribution in [3.8, 4) is 0 Å². The molecule has 1 atom stereocenters. The Hall–Kier alpha value is -2.34. The van der Waals surface area contributed by atoms with Crippen molar-refractivity contribution in [1.29, 1.82) is 0 Å². The Bertz CT molecular complexity index is 939. The van der Waals surface area contributed by atoms with Gasteiger partial charge in [-0.3, -0.25) is 9.52 Å². The summed E-state index contributed by atoms with van der Waals surface area (Å²) in [7, 11) is -3.79. The maximum atomic E-state index is 12.9. The van der Waals surface area contributed by atoms with Gasteiger partial charge in [-0.2, -0.15) is 0 Å². The highest BCUT2D eigenvalue weighted by Crippen LogP contribution is 2.21. The molecular formula is C23H32N2O3S. The van der Waals surface area contributed by atoms with Crippen LogP contribution in [-0.2, 0) is 10.0 Å². The smallest absolute Gasteiger partial charge is 0.262 e. The molecule has 0 saturated heterocycles. The zero-order valence-corrected chi connectivity index (χ0v) is 18.6. The monoisotopic (exact) mass is 416 g/mol. The lowest BCUT2D eigenvalue weighted by atomic mass is 9.99. The number of carbonyl (C=O) groups is 1. The molecule has 0 bridgehead atoms. The van der Waals surface area contributed by atoms with E-state index in [9.17, 15) is 13.2 Å². The lowest BCUT2D eigenvalue weighted by molar-refractivity contribution is 0.0945. The summed E-state index contributed by atoms with van der Waals surface area (Å²) in [4.78, 5) is 12.7. The maximum Gasteiger partial charge on any atom is 0.262 e. The number of rotatable bonds is 10. The van der Waals surface area contributed by atoms with Crippen molar-refractivity contribution in [2.75, 3.05) is 11.3 Å². The second-order valence-electron chi connectivity index (χ2n) is 7.58. The third-order valence-electron chi connectivity index (χ3n) is 5.10. The predicted molar refractivity (Wildman–Crippen MR) is 119 cm³/mol. The molecule has 2 rings (SSSR count). The van der Waals surface area contributed by atoms with Gasteiger partial charge >= 0.3 is 0 Å². The summed E-state index contributed by atoms with van der Waals surface area (Å²) in [6.45, 7) is 8.51. The van der Waals surface area contributed by atoms with Gasteiger partial charge in [0.15, 0.2) is 0 Å². The van der Waals surface area contributed by atoms with Crippen LogP contribution in [0.15, 0.2) is 47.4 Å². The van der Waals surface area contributed by atoms with E-state index in [1.54, 1.807) is 37.3 Å². The Balaban J connectivity index is 2.16. The summed E-state index contributed by atoms with van der Waals surface area (Å²) >= 11 is 0. The minimum Gasteiger partial charge on any atom is -0.352 e. The molecule has 0 aliphatic carbocycles. The zero-order chi connectivity index (χ0) is 21.4. The van der Waals surface area contributed by atoms with Crippen molar-refractivity contribution < 1.29 is 13.2 Å². The first-order valence-electron chi connectivity index (χ1n) is 10.2. The number of hydrogen-bond acceptors (Lipinski definition) is 3. The maximum absolute atomic E-state index is 12.9. The van der Waals surface area contributed by atoms with Gasteiger partial charge in [-0.15, -0.1) is 0 Å². The van der Waals surface area contributed by atoms with Crippen LogP contribution in [0.25, 0.3) is 0 Å². The van der Waals surface area contributed by atoms with Crippen LogP contribution in [-0.4, -0.2) is 20.9 Å². The molecule has 0 aliphatic rings. The second kappa shape index (κ2) is 10.4. The molecule has 0 aromatic heterocycles. The number of unbranched alkanes of at least 4 members (excludes halogenated alkanes) is 1. The van der Waals surface area contributed by atoms with E-state index in [-0.39, 0.29) is 10.8 Å². The van der Waals surface area contributed by atoms with Crippen LogP contribution in [0.4, 0.5) is 5.69 Å². The molecule has 0 unspecified atom stereocenters. The van der Waals surface area contributed by atoms with Gasteiger partial charge in [-0.25, -0.2) is 8.42 Å². The first-order chi connectivity index (χ1) is 13.8. The fourth-order valence-corrected chi connectivity index (χ4v) is 4.55. The summed E-state index contributed by atoms with van der Waals surface area (Å²) in [5.41, 5.74) is 2.41. The third-order valence-corrected chi connectivity index (χ3v) is 6.63. The molecule has 158 valence electrons. The van der Waals surface area contributed by atoms with Gasteiger partial charge in [0.25, 0.3) is 15.9 Å². The summed E-state index contributed by atoms with van der Waals surface area (Å²) in [5, 5.41) is 2.96. The number of hydrogen-bond donors (Lipinski definition) is 2. The van der Waals surface area contributed by atoms with Crippen molar-refractivity contribution in [1.82, 2.24) is 5.32 Å². The second-order valence-corrected chi connectivity index (χ2v) is 9.23. The van der Waals surface area contributed by atoms with Gasteiger partial charge in [0.1, 0.15) is 0 Å². The van der Waals surface area contributed by atoms with E-state index in [0.717, 1.165) is 31.2 Å². The summed E-state index contributed by atoms with van der Waals surface area (Å²) in [6, 6.07) is 12.0. The Labute approximate surface area is 175 Å². The van der Waals surface area contributed by atoms with E-state index in [1.807, 2.05) is 13.0 Å². The van der Waals surface area contributed by atoms with Crippen molar-refractivity contribution >= 4 is 21.6 Å². The molecule has 2 N–H and O–H groups in total. The number of amides is 1. The normalized spacial score (nSPS) is 12.4. The van der Waals surface area contributed by atoms with Crippen LogP contribution in [0.5, 0.6) is 0 Å². The first-order valence-corrected chi connectivity index (χ1v) is 11.7. The van der Waals surface area contributed by atoms with Crippen LogP contribution in [0.2, 0.25) is 0 Å². The fourth-order valence-electron chi connectivity index (χ4n) is 3.23. The van der Waals surface area contributed by atoms with Crippen molar-refractivity contribution in [3.63, 3.8) is 0 Å². The molecule has 2 aromatic carbocycles. The lowest BCUT2D eigenvalue weighted by Gasteiger charge is -2.16. The zero-order valence-electron chi connectivity index (χ0n) is 17.8. The molecule has 2 aromatic rings. The number of aryl methyl sites for hydroxylation is 2. The highest BCUT2D eigenvalue weighted by atomic mass is 32.2. The van der Waals surface area contributed by atoms with Gasteiger partial charge in [0.05, 0.1) is 4.90 Å². The van der Waals surface area contributed by atoms with E-state index < -0.39 is 10.0 Å². The number of sulfonamides is 1. The standard InChI is InChI=1S/C23H32N2O3S/c1-5-7-10-19(6-2)16-24-23(26)20-13-12-18(4)22(15-20)29(27,28)25-21-11-8-9-17(3)14-21/h8-9,11-15,19,25H,5-7,10,16H2,1-4H3,(H,24,26)/t19-/m1/s1. The van der Waals surface area contributed by atoms with Gasteiger partial charge in [0, 0.05) is 17.8 Å².